The number of amides is 1. The highest BCUT2D eigenvalue weighted by Crippen LogP contribution is 2.23. The number of halogens is 2. The quantitative estimate of drug-likeness (QED) is 0.298. The van der Waals surface area contributed by atoms with Gasteiger partial charge < -0.3 is 5.32 Å². The summed E-state index contributed by atoms with van der Waals surface area (Å²) in [5.41, 5.74) is 1.97. The SMILES string of the molecule is O=C(CSc1nc2ccccc2c(=O)n1CCC1=CCCCC1)Nc1ccc(F)c(F)c1. The Hall–Kier alpha value is -3.00. The molecule has 0 atom stereocenters. The summed E-state index contributed by atoms with van der Waals surface area (Å²) in [4.78, 5) is 30.1. The van der Waals surface area contributed by atoms with Crippen molar-refractivity contribution in [2.24, 2.45) is 0 Å². The summed E-state index contributed by atoms with van der Waals surface area (Å²) in [7, 11) is 0. The molecule has 166 valence electrons. The van der Waals surface area contributed by atoms with Gasteiger partial charge in [0.15, 0.2) is 16.8 Å². The van der Waals surface area contributed by atoms with Crippen molar-refractivity contribution in [2.75, 3.05) is 11.1 Å². The van der Waals surface area contributed by atoms with Gasteiger partial charge in [-0.1, -0.05) is 35.5 Å². The molecule has 0 bridgehead atoms. The molecule has 1 aliphatic carbocycles. The number of thioether (sulfide) groups is 1. The summed E-state index contributed by atoms with van der Waals surface area (Å²) in [5.74, 6) is -2.43. The minimum Gasteiger partial charge on any atom is -0.325 e. The minimum atomic E-state index is -1.03. The first-order valence-corrected chi connectivity index (χ1v) is 11.5. The lowest BCUT2D eigenvalue weighted by molar-refractivity contribution is -0.113. The largest absolute Gasteiger partial charge is 0.325 e. The summed E-state index contributed by atoms with van der Waals surface area (Å²) in [6.45, 7) is 0.496. The number of nitrogens with one attached hydrogen (secondary N) is 1. The van der Waals surface area contributed by atoms with Crippen LogP contribution < -0.4 is 10.9 Å². The molecule has 0 saturated heterocycles. The van der Waals surface area contributed by atoms with E-state index in [2.05, 4.69) is 16.4 Å². The van der Waals surface area contributed by atoms with Gasteiger partial charge in [0.05, 0.1) is 16.7 Å². The fourth-order valence-corrected chi connectivity index (χ4v) is 4.57. The number of para-hydroxylation sites is 1. The molecule has 0 unspecified atom stereocenters. The first kappa shape index (κ1) is 22.2. The number of nitrogens with zero attached hydrogens (tertiary/aromatic N) is 2. The maximum atomic E-state index is 13.4. The molecule has 1 aliphatic rings. The van der Waals surface area contributed by atoms with E-state index in [-0.39, 0.29) is 17.0 Å². The van der Waals surface area contributed by atoms with E-state index in [0.29, 0.717) is 22.6 Å². The predicted octanol–water partition coefficient (Wildman–Crippen LogP) is 5.30. The highest BCUT2D eigenvalue weighted by atomic mass is 32.2. The molecular weight excluding hydrogens is 432 g/mol. The van der Waals surface area contributed by atoms with E-state index in [0.717, 1.165) is 43.2 Å². The third-order valence-corrected chi connectivity index (χ3v) is 6.38. The molecule has 0 saturated carbocycles. The van der Waals surface area contributed by atoms with Crippen LogP contribution in [0.2, 0.25) is 0 Å². The maximum absolute atomic E-state index is 13.4. The van der Waals surface area contributed by atoms with E-state index in [9.17, 15) is 18.4 Å². The monoisotopic (exact) mass is 455 g/mol. The lowest BCUT2D eigenvalue weighted by Gasteiger charge is -2.16. The third kappa shape index (κ3) is 5.24. The molecular formula is C24H23F2N3O2S. The van der Waals surface area contributed by atoms with Crippen LogP contribution in [0.4, 0.5) is 14.5 Å². The van der Waals surface area contributed by atoms with E-state index in [1.165, 1.54) is 24.5 Å². The Morgan fingerprint density at radius 1 is 1.12 bits per heavy atom. The molecule has 1 aromatic heterocycles. The molecule has 4 rings (SSSR count). The van der Waals surface area contributed by atoms with Gasteiger partial charge in [-0.05, 0) is 56.4 Å². The molecule has 0 aliphatic heterocycles. The lowest BCUT2D eigenvalue weighted by atomic mass is 9.97. The average Bonchev–Trinajstić information content (AvgIpc) is 2.80. The van der Waals surface area contributed by atoms with Gasteiger partial charge in [-0.15, -0.1) is 0 Å². The Balaban J connectivity index is 1.53. The zero-order chi connectivity index (χ0) is 22.5. The van der Waals surface area contributed by atoms with Gasteiger partial charge >= 0.3 is 0 Å². The van der Waals surface area contributed by atoms with Gasteiger partial charge in [0.1, 0.15) is 0 Å². The number of allylic oxidation sites excluding steroid dienone is 2. The average molecular weight is 456 g/mol. The first-order valence-electron chi connectivity index (χ1n) is 10.6. The highest BCUT2D eigenvalue weighted by Gasteiger charge is 2.15. The van der Waals surface area contributed by atoms with Gasteiger partial charge in [-0.2, -0.15) is 0 Å². The van der Waals surface area contributed by atoms with Crippen molar-refractivity contribution in [2.45, 2.75) is 43.8 Å². The minimum absolute atomic E-state index is 0.0214. The molecule has 0 fully saturated rings. The first-order chi connectivity index (χ1) is 15.5. The molecule has 1 heterocycles. The Labute approximate surface area is 188 Å². The van der Waals surface area contributed by atoms with Crippen LogP contribution in [-0.2, 0) is 11.3 Å². The van der Waals surface area contributed by atoms with E-state index in [1.807, 2.05) is 12.1 Å². The van der Waals surface area contributed by atoms with Crippen LogP contribution in [-0.4, -0.2) is 21.2 Å². The highest BCUT2D eigenvalue weighted by molar-refractivity contribution is 7.99. The number of carbonyl (C=O) groups excluding carboxylic acids is 1. The molecule has 5 nitrogen and oxygen atoms in total. The van der Waals surface area contributed by atoms with Gasteiger partial charge in [-0.3, -0.25) is 14.2 Å². The second-order valence-corrected chi connectivity index (χ2v) is 8.63. The van der Waals surface area contributed by atoms with Crippen molar-refractivity contribution >= 4 is 34.3 Å². The van der Waals surface area contributed by atoms with Crippen molar-refractivity contribution in [3.8, 4) is 0 Å². The summed E-state index contributed by atoms with van der Waals surface area (Å²) in [6.07, 6.45) is 7.53. The smallest absolute Gasteiger partial charge is 0.262 e. The molecule has 0 radical (unpaired) electrons. The summed E-state index contributed by atoms with van der Waals surface area (Å²) >= 11 is 1.15. The molecule has 0 spiro atoms. The Bertz CT molecular complexity index is 1240. The maximum Gasteiger partial charge on any atom is 0.262 e. The molecule has 3 aromatic rings. The fourth-order valence-electron chi connectivity index (χ4n) is 3.74. The second kappa shape index (κ2) is 10.1. The van der Waals surface area contributed by atoms with Crippen molar-refractivity contribution in [1.29, 1.82) is 0 Å². The fraction of sp³-hybridized carbons (Fsp3) is 0.292. The van der Waals surface area contributed by atoms with Crippen molar-refractivity contribution in [3.63, 3.8) is 0 Å². The molecule has 2 aromatic carbocycles. The second-order valence-electron chi connectivity index (χ2n) is 7.69. The summed E-state index contributed by atoms with van der Waals surface area (Å²) < 4.78 is 28.1. The molecule has 8 heteroatoms. The van der Waals surface area contributed by atoms with Crippen molar-refractivity contribution < 1.29 is 13.6 Å². The van der Waals surface area contributed by atoms with Crippen LogP contribution in [0.3, 0.4) is 0 Å². The van der Waals surface area contributed by atoms with Crippen molar-refractivity contribution in [1.82, 2.24) is 9.55 Å². The van der Waals surface area contributed by atoms with E-state index in [1.54, 1.807) is 16.7 Å². The third-order valence-electron chi connectivity index (χ3n) is 5.40. The van der Waals surface area contributed by atoms with Gasteiger partial charge in [-0.25, -0.2) is 13.8 Å². The van der Waals surface area contributed by atoms with Crippen LogP contribution in [0.1, 0.15) is 32.1 Å². The molecule has 1 N–H and O–H groups in total. The van der Waals surface area contributed by atoms with Gasteiger partial charge in [0.25, 0.3) is 5.56 Å². The summed E-state index contributed by atoms with van der Waals surface area (Å²) in [5, 5.41) is 3.55. The number of benzene rings is 2. The molecule has 1 amide bonds. The summed E-state index contributed by atoms with van der Waals surface area (Å²) in [6, 6.07) is 10.3. The standard InChI is InChI=1S/C24H23F2N3O2S/c25-19-11-10-17(14-20(19)26)27-22(30)15-32-24-28-21-9-5-4-8-18(21)23(31)29(24)13-12-16-6-2-1-3-7-16/h4-6,8-11,14H,1-3,7,12-13,15H2,(H,27,30). The van der Waals surface area contributed by atoms with Crippen LogP contribution in [0.25, 0.3) is 10.9 Å². The lowest BCUT2D eigenvalue weighted by Crippen LogP contribution is -2.24. The Kier molecular flexibility index (Phi) is 6.99. The predicted molar refractivity (Wildman–Crippen MR) is 123 cm³/mol. The Morgan fingerprint density at radius 2 is 1.97 bits per heavy atom. The zero-order valence-corrected chi connectivity index (χ0v) is 18.3. The number of hydrogen-bond donors (Lipinski definition) is 1. The Morgan fingerprint density at radius 3 is 2.75 bits per heavy atom. The van der Waals surface area contributed by atoms with Crippen molar-refractivity contribution in [3.05, 3.63) is 76.1 Å². The normalized spacial score (nSPS) is 13.8. The number of anilines is 1. The van der Waals surface area contributed by atoms with Gasteiger partial charge in [0, 0.05) is 18.3 Å². The number of hydrogen-bond acceptors (Lipinski definition) is 4. The number of rotatable bonds is 7. The zero-order valence-electron chi connectivity index (χ0n) is 17.4. The van der Waals surface area contributed by atoms with Crippen LogP contribution in [0, 0.1) is 11.6 Å². The topological polar surface area (TPSA) is 64.0 Å². The van der Waals surface area contributed by atoms with Crippen LogP contribution >= 0.6 is 11.8 Å². The number of carbonyl (C=O) groups is 1. The van der Waals surface area contributed by atoms with Crippen LogP contribution in [0.5, 0.6) is 0 Å². The van der Waals surface area contributed by atoms with Gasteiger partial charge in [0.2, 0.25) is 5.91 Å². The molecule has 32 heavy (non-hydrogen) atoms. The van der Waals surface area contributed by atoms with E-state index in [4.69, 9.17) is 0 Å². The van der Waals surface area contributed by atoms with Crippen LogP contribution in [0.15, 0.2) is 64.1 Å². The number of fused-ring (bicyclic) bond motifs is 1. The number of aromatic nitrogens is 2. The van der Waals surface area contributed by atoms with E-state index < -0.39 is 17.5 Å². The van der Waals surface area contributed by atoms with E-state index >= 15 is 0 Å².